The predicted octanol–water partition coefficient (Wildman–Crippen LogP) is 8.49. The minimum absolute atomic E-state index is 0.671. The third-order valence-corrected chi connectivity index (χ3v) is 8.41. The summed E-state index contributed by atoms with van der Waals surface area (Å²) in [6.45, 7) is 7.40. The van der Waals surface area contributed by atoms with Gasteiger partial charge in [-0.3, -0.25) is 0 Å². The van der Waals surface area contributed by atoms with Crippen LogP contribution in [0.25, 0.3) is 32.3 Å². The molecule has 0 N–H and O–H groups in total. The van der Waals surface area contributed by atoms with Crippen LogP contribution in [0.4, 0.5) is 0 Å². The van der Waals surface area contributed by atoms with Gasteiger partial charge in [0.25, 0.3) is 0 Å². The highest BCUT2D eigenvalue weighted by Crippen LogP contribution is 2.53. The van der Waals surface area contributed by atoms with E-state index in [0.29, 0.717) is 5.92 Å². The van der Waals surface area contributed by atoms with Gasteiger partial charge in [0.15, 0.2) is 0 Å². The molecule has 0 saturated heterocycles. The average molecular weight is 393 g/mol. The number of hydrogen-bond donors (Lipinski definition) is 0. The fourth-order valence-corrected chi connectivity index (χ4v) is 7.04. The van der Waals surface area contributed by atoms with Crippen molar-refractivity contribution < 1.29 is 0 Å². The monoisotopic (exact) mass is 392 g/mol. The van der Waals surface area contributed by atoms with Crippen LogP contribution in [0.15, 0.2) is 60.7 Å². The van der Waals surface area contributed by atoms with Gasteiger partial charge in [0.05, 0.1) is 0 Å². The maximum atomic E-state index is 2.48. The Morgan fingerprint density at radius 3 is 2.50 bits per heavy atom. The van der Waals surface area contributed by atoms with Crippen LogP contribution in [0.3, 0.4) is 0 Å². The fraction of sp³-hybridized carbons (Fsp3) is 0.400. The van der Waals surface area contributed by atoms with Crippen LogP contribution >= 0.6 is 0 Å². The standard InChI is InChI=1S/C30H32/c1-18(2)23-13-11-19(3)15-26(23)28-17-22-9-6-8-21-16-27-24-10-5-4-7-20(24)12-14-25(27)30(28)29(21)22/h4-10,12,14,16,18-19,23,26,28H,11,13,15,17H2,1-3H3. The molecule has 4 aromatic rings. The first kappa shape index (κ1) is 18.4. The minimum Gasteiger partial charge on any atom is -0.0625 e. The number of benzene rings is 4. The first-order valence-corrected chi connectivity index (χ1v) is 12.0. The van der Waals surface area contributed by atoms with E-state index in [2.05, 4.69) is 81.4 Å². The zero-order chi connectivity index (χ0) is 20.4. The molecule has 1 saturated carbocycles. The van der Waals surface area contributed by atoms with Gasteiger partial charge in [-0.2, -0.15) is 0 Å². The van der Waals surface area contributed by atoms with Crippen LogP contribution in [0.5, 0.6) is 0 Å². The van der Waals surface area contributed by atoms with Crippen molar-refractivity contribution >= 4 is 32.3 Å². The van der Waals surface area contributed by atoms with Gasteiger partial charge in [-0.25, -0.2) is 0 Å². The molecular weight excluding hydrogens is 360 g/mol. The van der Waals surface area contributed by atoms with Gasteiger partial charge in [0, 0.05) is 0 Å². The third kappa shape index (κ3) is 2.66. The highest BCUT2D eigenvalue weighted by molar-refractivity contribution is 6.15. The van der Waals surface area contributed by atoms with Crippen LogP contribution < -0.4 is 0 Å². The Morgan fingerprint density at radius 1 is 0.800 bits per heavy atom. The lowest BCUT2D eigenvalue weighted by Crippen LogP contribution is -2.32. The summed E-state index contributed by atoms with van der Waals surface area (Å²) in [6, 6.07) is 23.2. The molecule has 152 valence electrons. The largest absolute Gasteiger partial charge is 0.0625 e. The van der Waals surface area contributed by atoms with Crippen molar-refractivity contribution in [2.75, 3.05) is 0 Å². The lowest BCUT2D eigenvalue weighted by Gasteiger charge is -2.41. The van der Waals surface area contributed by atoms with Crippen LogP contribution in [-0.4, -0.2) is 0 Å². The summed E-state index contributed by atoms with van der Waals surface area (Å²) in [5, 5.41) is 8.74. The van der Waals surface area contributed by atoms with E-state index in [4.69, 9.17) is 0 Å². The van der Waals surface area contributed by atoms with E-state index in [1.54, 1.807) is 16.5 Å². The van der Waals surface area contributed by atoms with Crippen molar-refractivity contribution in [2.45, 2.75) is 52.4 Å². The number of fused-ring (bicyclic) bond motifs is 4. The molecule has 1 fully saturated rings. The van der Waals surface area contributed by atoms with Crippen molar-refractivity contribution in [1.29, 1.82) is 0 Å². The van der Waals surface area contributed by atoms with Gasteiger partial charge in [-0.15, -0.1) is 0 Å². The van der Waals surface area contributed by atoms with Crippen molar-refractivity contribution in [2.24, 2.45) is 23.7 Å². The molecule has 30 heavy (non-hydrogen) atoms. The molecule has 0 bridgehead atoms. The summed E-state index contributed by atoms with van der Waals surface area (Å²) in [4.78, 5) is 0. The normalized spacial score (nSPS) is 26.3. The highest BCUT2D eigenvalue weighted by Gasteiger charge is 2.40. The molecule has 4 atom stereocenters. The molecule has 0 radical (unpaired) electrons. The molecule has 0 aliphatic heterocycles. The maximum Gasteiger partial charge on any atom is -0.00777 e. The SMILES string of the molecule is CC1CCC(C(C)C)C(C2Cc3cccc4cc5c(ccc6ccccc65)c2c34)C1. The molecule has 0 aromatic heterocycles. The van der Waals surface area contributed by atoms with E-state index < -0.39 is 0 Å². The van der Waals surface area contributed by atoms with Crippen LogP contribution in [0.2, 0.25) is 0 Å². The van der Waals surface area contributed by atoms with Crippen LogP contribution in [-0.2, 0) is 6.42 Å². The Balaban J connectivity index is 1.64. The second kappa shape index (κ2) is 6.84. The van der Waals surface area contributed by atoms with Gasteiger partial charge in [0.2, 0.25) is 0 Å². The molecule has 2 aliphatic rings. The van der Waals surface area contributed by atoms with E-state index in [1.807, 2.05) is 0 Å². The van der Waals surface area contributed by atoms with E-state index in [0.717, 1.165) is 23.7 Å². The van der Waals surface area contributed by atoms with Crippen molar-refractivity contribution in [3.05, 3.63) is 71.8 Å². The molecule has 0 amide bonds. The number of hydrogen-bond acceptors (Lipinski definition) is 0. The first-order valence-electron chi connectivity index (χ1n) is 12.0. The Hall–Kier alpha value is -2.34. The third-order valence-electron chi connectivity index (χ3n) is 8.41. The smallest absolute Gasteiger partial charge is 0.00777 e. The molecular formula is C30H32. The van der Waals surface area contributed by atoms with Gasteiger partial charge in [0.1, 0.15) is 0 Å². The van der Waals surface area contributed by atoms with E-state index in [-0.39, 0.29) is 0 Å². The van der Waals surface area contributed by atoms with Gasteiger partial charge < -0.3 is 0 Å². The molecule has 2 aliphatic carbocycles. The molecule has 0 nitrogen and oxygen atoms in total. The molecule has 4 aromatic carbocycles. The van der Waals surface area contributed by atoms with Crippen molar-refractivity contribution in [3.63, 3.8) is 0 Å². The quantitative estimate of drug-likeness (QED) is 0.237. The van der Waals surface area contributed by atoms with Crippen LogP contribution in [0, 0.1) is 23.7 Å². The Morgan fingerprint density at radius 2 is 1.63 bits per heavy atom. The fourth-order valence-electron chi connectivity index (χ4n) is 7.04. The average Bonchev–Trinajstić information content (AvgIpc) is 3.15. The second-order valence-corrected chi connectivity index (χ2v) is 10.5. The Kier molecular flexibility index (Phi) is 4.20. The minimum atomic E-state index is 0.671. The molecule has 0 spiro atoms. The Labute approximate surface area is 180 Å². The summed E-state index contributed by atoms with van der Waals surface area (Å²) in [5.41, 5.74) is 3.26. The summed E-state index contributed by atoms with van der Waals surface area (Å²) in [7, 11) is 0. The predicted molar refractivity (Wildman–Crippen MR) is 130 cm³/mol. The van der Waals surface area contributed by atoms with Gasteiger partial charge >= 0.3 is 0 Å². The van der Waals surface area contributed by atoms with E-state index in [9.17, 15) is 0 Å². The molecule has 0 heterocycles. The van der Waals surface area contributed by atoms with Gasteiger partial charge in [-0.1, -0.05) is 81.8 Å². The van der Waals surface area contributed by atoms with E-state index >= 15 is 0 Å². The van der Waals surface area contributed by atoms with Crippen molar-refractivity contribution in [1.82, 2.24) is 0 Å². The summed E-state index contributed by atoms with van der Waals surface area (Å²) < 4.78 is 0. The first-order chi connectivity index (χ1) is 14.6. The topological polar surface area (TPSA) is 0 Å². The zero-order valence-corrected chi connectivity index (χ0v) is 18.5. The zero-order valence-electron chi connectivity index (χ0n) is 18.5. The summed E-state index contributed by atoms with van der Waals surface area (Å²) >= 11 is 0. The number of rotatable bonds is 2. The van der Waals surface area contributed by atoms with Crippen LogP contribution in [0.1, 0.15) is 57.1 Å². The van der Waals surface area contributed by atoms with Crippen molar-refractivity contribution in [3.8, 4) is 0 Å². The molecule has 6 rings (SSSR count). The van der Waals surface area contributed by atoms with E-state index in [1.165, 1.54) is 52.6 Å². The molecule has 0 heteroatoms. The lowest BCUT2D eigenvalue weighted by atomic mass is 9.64. The van der Waals surface area contributed by atoms with Gasteiger partial charge in [-0.05, 0) is 98.4 Å². The molecule has 4 unspecified atom stereocenters. The lowest BCUT2D eigenvalue weighted by molar-refractivity contribution is 0.121. The highest BCUT2D eigenvalue weighted by atomic mass is 14.4. The maximum absolute atomic E-state index is 2.48. The second-order valence-electron chi connectivity index (χ2n) is 10.5. The summed E-state index contributed by atoms with van der Waals surface area (Å²) in [6.07, 6.45) is 5.45. The summed E-state index contributed by atoms with van der Waals surface area (Å²) in [5.74, 6) is 3.97. The Bertz CT molecular complexity index is 1260.